The third-order valence-electron chi connectivity index (χ3n) is 2.98. The number of halogens is 1. The maximum atomic E-state index is 9.05. The summed E-state index contributed by atoms with van der Waals surface area (Å²) >= 11 is 5.97. The van der Waals surface area contributed by atoms with Gasteiger partial charge in [-0.3, -0.25) is 0 Å². The first-order chi connectivity index (χ1) is 9.61. The average molecular weight is 287 g/mol. The molecule has 102 valence electrons. The molecule has 2 N–H and O–H groups in total. The molecular formula is C16H15ClN2O. The monoisotopic (exact) mass is 286 g/mol. The van der Waals surface area contributed by atoms with Gasteiger partial charge in [-0.25, -0.2) is 0 Å². The molecule has 0 spiro atoms. The maximum Gasteiger partial charge on any atom is 0.124 e. The van der Waals surface area contributed by atoms with Crippen LogP contribution in [0.1, 0.15) is 29.7 Å². The van der Waals surface area contributed by atoms with Crippen LogP contribution in [0, 0.1) is 11.3 Å². The molecule has 0 heterocycles. The highest BCUT2D eigenvalue weighted by molar-refractivity contribution is 6.30. The van der Waals surface area contributed by atoms with Crippen molar-refractivity contribution in [2.75, 3.05) is 0 Å². The molecule has 0 fully saturated rings. The van der Waals surface area contributed by atoms with E-state index in [1.54, 1.807) is 24.3 Å². The molecule has 1 atom stereocenters. The van der Waals surface area contributed by atoms with Crippen LogP contribution in [-0.2, 0) is 6.61 Å². The largest absolute Gasteiger partial charge is 0.489 e. The Labute approximate surface area is 123 Å². The Kier molecular flexibility index (Phi) is 4.62. The van der Waals surface area contributed by atoms with Crippen molar-refractivity contribution in [1.82, 2.24) is 0 Å². The lowest BCUT2D eigenvalue weighted by Gasteiger charge is -2.15. The Morgan fingerprint density at radius 3 is 2.75 bits per heavy atom. The summed E-state index contributed by atoms with van der Waals surface area (Å²) in [6.45, 7) is 2.20. The van der Waals surface area contributed by atoms with Gasteiger partial charge in [-0.1, -0.05) is 29.8 Å². The van der Waals surface area contributed by atoms with Gasteiger partial charge in [-0.05, 0) is 31.2 Å². The Morgan fingerprint density at radius 2 is 2.05 bits per heavy atom. The van der Waals surface area contributed by atoms with E-state index in [1.165, 1.54) is 0 Å². The summed E-state index contributed by atoms with van der Waals surface area (Å²) in [5, 5.41) is 9.68. The van der Waals surface area contributed by atoms with Gasteiger partial charge in [0.15, 0.2) is 0 Å². The van der Waals surface area contributed by atoms with Crippen molar-refractivity contribution in [2.45, 2.75) is 19.6 Å². The van der Waals surface area contributed by atoms with Crippen LogP contribution < -0.4 is 10.5 Å². The van der Waals surface area contributed by atoms with Crippen LogP contribution in [-0.4, -0.2) is 0 Å². The summed E-state index contributed by atoms with van der Waals surface area (Å²) in [7, 11) is 0. The van der Waals surface area contributed by atoms with Gasteiger partial charge in [0, 0.05) is 22.2 Å². The van der Waals surface area contributed by atoms with E-state index >= 15 is 0 Å². The molecule has 0 aliphatic carbocycles. The van der Waals surface area contributed by atoms with Gasteiger partial charge in [0.05, 0.1) is 11.6 Å². The molecule has 0 amide bonds. The molecule has 0 bridgehead atoms. The van der Waals surface area contributed by atoms with Gasteiger partial charge in [0.1, 0.15) is 12.4 Å². The zero-order valence-electron chi connectivity index (χ0n) is 11.1. The zero-order chi connectivity index (χ0) is 14.5. The zero-order valence-corrected chi connectivity index (χ0v) is 11.9. The number of nitriles is 1. The van der Waals surface area contributed by atoms with E-state index in [-0.39, 0.29) is 6.04 Å². The second-order valence-corrected chi connectivity index (χ2v) is 4.96. The Morgan fingerprint density at radius 1 is 1.30 bits per heavy atom. The highest BCUT2D eigenvalue weighted by atomic mass is 35.5. The molecular weight excluding hydrogens is 272 g/mol. The van der Waals surface area contributed by atoms with E-state index in [1.807, 2.05) is 25.1 Å². The van der Waals surface area contributed by atoms with E-state index in [0.717, 1.165) is 11.1 Å². The number of hydrogen-bond acceptors (Lipinski definition) is 3. The third-order valence-corrected chi connectivity index (χ3v) is 3.22. The van der Waals surface area contributed by atoms with Crippen LogP contribution in [0.2, 0.25) is 5.02 Å². The molecule has 2 aromatic rings. The highest BCUT2D eigenvalue weighted by Crippen LogP contribution is 2.28. The minimum atomic E-state index is -0.171. The summed E-state index contributed by atoms with van der Waals surface area (Å²) < 4.78 is 5.79. The highest BCUT2D eigenvalue weighted by Gasteiger charge is 2.10. The van der Waals surface area contributed by atoms with Gasteiger partial charge in [0.2, 0.25) is 0 Å². The van der Waals surface area contributed by atoms with Gasteiger partial charge < -0.3 is 10.5 Å². The predicted octanol–water partition coefficient (Wildman–Crippen LogP) is 3.81. The van der Waals surface area contributed by atoms with E-state index in [9.17, 15) is 0 Å². The van der Waals surface area contributed by atoms with E-state index in [2.05, 4.69) is 6.07 Å². The lowest BCUT2D eigenvalue weighted by Crippen LogP contribution is -2.08. The number of ether oxygens (including phenoxy) is 1. The normalized spacial score (nSPS) is 11.7. The smallest absolute Gasteiger partial charge is 0.124 e. The summed E-state index contributed by atoms with van der Waals surface area (Å²) in [6.07, 6.45) is 0. The Hall–Kier alpha value is -2.02. The van der Waals surface area contributed by atoms with Crippen molar-refractivity contribution in [3.63, 3.8) is 0 Å². The Balaban J connectivity index is 2.21. The maximum absolute atomic E-state index is 9.05. The van der Waals surface area contributed by atoms with Crippen LogP contribution in [0.5, 0.6) is 5.75 Å². The Bertz CT molecular complexity index is 647. The molecule has 3 nitrogen and oxygen atoms in total. The average Bonchev–Trinajstić information content (AvgIpc) is 2.46. The van der Waals surface area contributed by atoms with Crippen molar-refractivity contribution >= 4 is 11.6 Å². The van der Waals surface area contributed by atoms with Gasteiger partial charge >= 0.3 is 0 Å². The first-order valence-corrected chi connectivity index (χ1v) is 6.65. The second kappa shape index (κ2) is 6.42. The number of benzene rings is 2. The van der Waals surface area contributed by atoms with Crippen molar-refractivity contribution in [2.24, 2.45) is 5.73 Å². The van der Waals surface area contributed by atoms with E-state index < -0.39 is 0 Å². The van der Waals surface area contributed by atoms with E-state index in [0.29, 0.717) is 22.9 Å². The fourth-order valence-electron chi connectivity index (χ4n) is 1.92. The van der Waals surface area contributed by atoms with Crippen LogP contribution >= 0.6 is 11.6 Å². The van der Waals surface area contributed by atoms with Crippen LogP contribution in [0.3, 0.4) is 0 Å². The standard InChI is InChI=1S/C16H15ClN2O/c1-11(19)15-8-14(17)6-7-16(15)20-10-13-5-3-2-4-12(13)9-18/h2-8,11H,10,19H2,1H3/t11-/m0/s1. The van der Waals surface area contributed by atoms with E-state index in [4.69, 9.17) is 27.3 Å². The third kappa shape index (κ3) is 3.30. The molecule has 0 saturated heterocycles. The first kappa shape index (κ1) is 14.4. The van der Waals surface area contributed by atoms with Crippen molar-refractivity contribution in [1.29, 1.82) is 5.26 Å². The lowest BCUT2D eigenvalue weighted by atomic mass is 10.1. The molecule has 0 aliphatic rings. The summed E-state index contributed by atoms with van der Waals surface area (Å²) in [5.41, 5.74) is 8.23. The summed E-state index contributed by atoms with van der Waals surface area (Å²) in [6, 6.07) is 14.7. The van der Waals surface area contributed by atoms with Gasteiger partial charge in [-0.2, -0.15) is 5.26 Å². The van der Waals surface area contributed by atoms with Crippen LogP contribution in [0.4, 0.5) is 0 Å². The van der Waals surface area contributed by atoms with Crippen LogP contribution in [0.25, 0.3) is 0 Å². The molecule has 20 heavy (non-hydrogen) atoms. The number of rotatable bonds is 4. The summed E-state index contributed by atoms with van der Waals surface area (Å²) in [5.74, 6) is 0.692. The number of nitrogens with zero attached hydrogens (tertiary/aromatic N) is 1. The van der Waals surface area contributed by atoms with Crippen molar-refractivity contribution in [3.8, 4) is 11.8 Å². The van der Waals surface area contributed by atoms with Crippen molar-refractivity contribution in [3.05, 3.63) is 64.2 Å². The fourth-order valence-corrected chi connectivity index (χ4v) is 2.10. The van der Waals surface area contributed by atoms with Crippen molar-refractivity contribution < 1.29 is 4.74 Å². The fraction of sp³-hybridized carbons (Fsp3) is 0.188. The van der Waals surface area contributed by atoms with Crippen LogP contribution in [0.15, 0.2) is 42.5 Å². The second-order valence-electron chi connectivity index (χ2n) is 4.53. The van der Waals surface area contributed by atoms with Gasteiger partial charge in [-0.15, -0.1) is 0 Å². The molecule has 0 aromatic heterocycles. The summed E-state index contributed by atoms with van der Waals surface area (Å²) in [4.78, 5) is 0. The SMILES string of the molecule is C[C@H](N)c1cc(Cl)ccc1OCc1ccccc1C#N. The molecule has 0 saturated carbocycles. The minimum absolute atomic E-state index is 0.171. The quantitative estimate of drug-likeness (QED) is 0.930. The number of hydrogen-bond donors (Lipinski definition) is 1. The number of nitrogens with two attached hydrogens (primary N) is 1. The molecule has 0 aliphatic heterocycles. The lowest BCUT2D eigenvalue weighted by molar-refractivity contribution is 0.301. The molecule has 0 unspecified atom stereocenters. The topological polar surface area (TPSA) is 59.0 Å². The molecule has 0 radical (unpaired) electrons. The molecule has 2 rings (SSSR count). The first-order valence-electron chi connectivity index (χ1n) is 6.27. The molecule has 4 heteroatoms. The van der Waals surface area contributed by atoms with Gasteiger partial charge in [0.25, 0.3) is 0 Å². The predicted molar refractivity (Wildman–Crippen MR) is 79.5 cm³/mol. The molecule has 2 aromatic carbocycles. The minimum Gasteiger partial charge on any atom is -0.489 e.